The summed E-state index contributed by atoms with van der Waals surface area (Å²) in [7, 11) is 0. The molecule has 3 rings (SSSR count). The Morgan fingerprint density at radius 3 is 2.50 bits per heavy atom. The number of carbonyl (C=O) groups is 2. The third-order valence-corrected chi connectivity index (χ3v) is 4.58. The fourth-order valence-corrected chi connectivity index (χ4v) is 3.26. The first kappa shape index (κ1) is 12.8. The molecule has 0 aliphatic carbocycles. The summed E-state index contributed by atoms with van der Waals surface area (Å²) in [5.74, 6) is -1.38. The van der Waals surface area contributed by atoms with E-state index in [1.54, 1.807) is 0 Å². The van der Waals surface area contributed by atoms with Crippen LogP contribution in [0.5, 0.6) is 0 Å². The van der Waals surface area contributed by atoms with E-state index in [0.717, 1.165) is 21.6 Å². The maximum Gasteiger partial charge on any atom is 0.345 e. The number of benzene rings is 1. The van der Waals surface area contributed by atoms with Crippen molar-refractivity contribution >= 4 is 49.9 Å². The van der Waals surface area contributed by atoms with Gasteiger partial charge in [0.2, 0.25) is 0 Å². The van der Waals surface area contributed by atoms with Crippen molar-refractivity contribution in [2.75, 3.05) is 5.32 Å². The van der Waals surface area contributed by atoms with Gasteiger partial charge < -0.3 is 5.11 Å². The molecule has 1 aromatic carbocycles. The highest BCUT2D eigenvalue weighted by molar-refractivity contribution is 7.22. The topological polar surface area (TPSA) is 79.3 Å². The number of amides is 1. The summed E-state index contributed by atoms with van der Waals surface area (Å²) in [6.45, 7) is 0. The van der Waals surface area contributed by atoms with Gasteiger partial charge >= 0.3 is 5.97 Å². The van der Waals surface area contributed by atoms with Crippen LogP contribution in [0.25, 0.3) is 10.2 Å². The molecule has 20 heavy (non-hydrogen) atoms. The lowest BCUT2D eigenvalue weighted by atomic mass is 10.3. The van der Waals surface area contributed by atoms with Gasteiger partial charge in [-0.15, -0.1) is 11.3 Å². The van der Waals surface area contributed by atoms with E-state index in [1.807, 2.05) is 24.3 Å². The number of hydrogen-bond donors (Lipinski definition) is 2. The van der Waals surface area contributed by atoms with Crippen molar-refractivity contribution in [3.05, 3.63) is 46.2 Å². The number of nitrogens with zero attached hydrogens (tertiary/aromatic N) is 1. The van der Waals surface area contributed by atoms with Gasteiger partial charge in [-0.1, -0.05) is 23.5 Å². The Balaban J connectivity index is 1.82. The maximum atomic E-state index is 12.0. The van der Waals surface area contributed by atoms with Crippen molar-refractivity contribution in [1.82, 2.24) is 4.98 Å². The molecule has 2 N–H and O–H groups in total. The molecular formula is C13H8N2O3S2. The number of fused-ring (bicyclic) bond motifs is 1. The molecule has 0 spiro atoms. The molecule has 0 radical (unpaired) electrons. The summed E-state index contributed by atoms with van der Waals surface area (Å²) in [6, 6.07) is 10.5. The average molecular weight is 304 g/mol. The van der Waals surface area contributed by atoms with Crippen molar-refractivity contribution in [3.8, 4) is 0 Å². The number of carboxylic acids is 1. The Labute approximate surface area is 121 Å². The standard InChI is InChI=1S/C13H8N2O3S2/c16-11(9-5-6-10(19-9)12(17)18)15-13-14-7-3-1-2-4-8(7)20-13/h1-6H,(H,17,18)(H,14,15,16). The fraction of sp³-hybridized carbons (Fsp3) is 0. The smallest absolute Gasteiger partial charge is 0.345 e. The third kappa shape index (κ3) is 2.40. The summed E-state index contributed by atoms with van der Waals surface area (Å²) >= 11 is 2.32. The fourth-order valence-electron chi connectivity index (χ4n) is 1.66. The van der Waals surface area contributed by atoms with Crippen molar-refractivity contribution in [2.45, 2.75) is 0 Å². The van der Waals surface area contributed by atoms with Gasteiger partial charge in [0.1, 0.15) is 4.88 Å². The summed E-state index contributed by atoms with van der Waals surface area (Å²) in [4.78, 5) is 27.6. The molecule has 0 aliphatic rings. The molecule has 1 amide bonds. The molecule has 2 aromatic heterocycles. The highest BCUT2D eigenvalue weighted by Crippen LogP contribution is 2.26. The lowest BCUT2D eigenvalue weighted by Crippen LogP contribution is -2.09. The molecule has 0 fully saturated rings. The number of nitrogens with one attached hydrogen (secondary N) is 1. The van der Waals surface area contributed by atoms with Gasteiger partial charge in [0.15, 0.2) is 5.13 Å². The number of carbonyl (C=O) groups excluding carboxylic acids is 1. The molecule has 0 aliphatic heterocycles. The number of carboxylic acid groups (broad SMARTS) is 1. The third-order valence-electron chi connectivity index (χ3n) is 2.55. The van der Waals surface area contributed by atoms with Crippen LogP contribution in [0.4, 0.5) is 5.13 Å². The molecule has 3 aromatic rings. The minimum Gasteiger partial charge on any atom is -0.477 e. The minimum atomic E-state index is -1.03. The number of hydrogen-bond acceptors (Lipinski definition) is 5. The largest absolute Gasteiger partial charge is 0.477 e. The van der Waals surface area contributed by atoms with E-state index in [4.69, 9.17) is 5.11 Å². The van der Waals surface area contributed by atoms with Crippen molar-refractivity contribution in [1.29, 1.82) is 0 Å². The van der Waals surface area contributed by atoms with Gasteiger partial charge in [-0.05, 0) is 24.3 Å². The van der Waals surface area contributed by atoms with E-state index in [-0.39, 0.29) is 10.8 Å². The van der Waals surface area contributed by atoms with Crippen LogP contribution in [0.15, 0.2) is 36.4 Å². The number of anilines is 1. The predicted octanol–water partition coefficient (Wildman–Crippen LogP) is 3.31. The lowest BCUT2D eigenvalue weighted by molar-refractivity contribution is 0.0702. The Morgan fingerprint density at radius 1 is 1.05 bits per heavy atom. The van der Waals surface area contributed by atoms with Crippen LogP contribution in [0.2, 0.25) is 0 Å². The van der Waals surface area contributed by atoms with Crippen LogP contribution in [0.3, 0.4) is 0 Å². The zero-order valence-corrected chi connectivity index (χ0v) is 11.6. The molecule has 0 saturated carbocycles. The zero-order chi connectivity index (χ0) is 14.1. The Bertz CT molecular complexity index is 774. The Morgan fingerprint density at radius 2 is 1.80 bits per heavy atom. The Kier molecular flexibility index (Phi) is 3.21. The molecule has 0 bridgehead atoms. The molecule has 0 unspecified atom stereocenters. The first-order valence-corrected chi connectivity index (χ1v) is 7.27. The summed E-state index contributed by atoms with van der Waals surface area (Å²) < 4.78 is 0.986. The van der Waals surface area contributed by atoms with Crippen LogP contribution in [-0.4, -0.2) is 22.0 Å². The van der Waals surface area contributed by atoms with Gasteiger partial charge in [-0.2, -0.15) is 0 Å². The van der Waals surface area contributed by atoms with Crippen LogP contribution in [0.1, 0.15) is 19.3 Å². The normalized spacial score (nSPS) is 10.6. The number of rotatable bonds is 3. The number of para-hydroxylation sites is 1. The number of aromatic nitrogens is 1. The van der Waals surface area contributed by atoms with E-state index < -0.39 is 5.97 Å². The lowest BCUT2D eigenvalue weighted by Gasteiger charge is -1.97. The van der Waals surface area contributed by atoms with Crippen LogP contribution >= 0.6 is 22.7 Å². The predicted molar refractivity (Wildman–Crippen MR) is 78.9 cm³/mol. The van der Waals surface area contributed by atoms with E-state index >= 15 is 0 Å². The molecular weight excluding hydrogens is 296 g/mol. The van der Waals surface area contributed by atoms with Gasteiger partial charge in [-0.3, -0.25) is 10.1 Å². The van der Waals surface area contributed by atoms with Crippen LogP contribution < -0.4 is 5.32 Å². The summed E-state index contributed by atoms with van der Waals surface area (Å²) in [5, 5.41) is 12.0. The number of thiazole rings is 1. The maximum absolute atomic E-state index is 12.0. The molecule has 0 atom stereocenters. The number of thiophene rings is 1. The monoisotopic (exact) mass is 304 g/mol. The SMILES string of the molecule is O=C(O)c1ccc(C(=O)Nc2nc3ccccc3s2)s1. The van der Waals surface area contributed by atoms with Gasteiger partial charge in [-0.25, -0.2) is 9.78 Å². The minimum absolute atomic E-state index is 0.138. The van der Waals surface area contributed by atoms with E-state index in [0.29, 0.717) is 10.0 Å². The molecule has 100 valence electrons. The van der Waals surface area contributed by atoms with Crippen molar-refractivity contribution < 1.29 is 14.7 Å². The number of aromatic carboxylic acids is 1. The molecule has 7 heteroatoms. The average Bonchev–Trinajstić information content (AvgIpc) is 3.04. The summed E-state index contributed by atoms with van der Waals surface area (Å²) in [6.07, 6.45) is 0. The second kappa shape index (κ2) is 5.03. The van der Waals surface area contributed by atoms with Crippen LogP contribution in [0, 0.1) is 0 Å². The van der Waals surface area contributed by atoms with Gasteiger partial charge in [0, 0.05) is 0 Å². The highest BCUT2D eigenvalue weighted by Gasteiger charge is 2.14. The van der Waals surface area contributed by atoms with Crippen molar-refractivity contribution in [3.63, 3.8) is 0 Å². The van der Waals surface area contributed by atoms with Crippen molar-refractivity contribution in [2.24, 2.45) is 0 Å². The quantitative estimate of drug-likeness (QED) is 0.778. The highest BCUT2D eigenvalue weighted by atomic mass is 32.1. The summed E-state index contributed by atoms with van der Waals surface area (Å²) in [5.41, 5.74) is 0.824. The van der Waals surface area contributed by atoms with E-state index in [2.05, 4.69) is 10.3 Å². The molecule has 2 heterocycles. The van der Waals surface area contributed by atoms with E-state index in [1.165, 1.54) is 23.5 Å². The van der Waals surface area contributed by atoms with Crippen LogP contribution in [-0.2, 0) is 0 Å². The van der Waals surface area contributed by atoms with E-state index in [9.17, 15) is 9.59 Å². The van der Waals surface area contributed by atoms with Gasteiger partial charge in [0.25, 0.3) is 5.91 Å². The molecule has 5 nitrogen and oxygen atoms in total. The molecule has 0 saturated heterocycles. The van der Waals surface area contributed by atoms with Gasteiger partial charge in [0.05, 0.1) is 15.1 Å². The second-order valence-corrected chi connectivity index (χ2v) is 6.02. The second-order valence-electron chi connectivity index (χ2n) is 3.91. The first-order valence-electron chi connectivity index (χ1n) is 5.63. The zero-order valence-electron chi connectivity index (χ0n) is 9.99. The first-order chi connectivity index (χ1) is 9.63. The Hall–Kier alpha value is -2.25.